The molecule has 4 fully saturated rings. The average molecular weight is 391 g/mol. The van der Waals surface area contributed by atoms with Crippen LogP contribution in [0.25, 0.3) is 0 Å². The molecule has 1 N–H and O–H groups in total. The second-order valence-electron chi connectivity index (χ2n) is 8.89. The minimum Gasteiger partial charge on any atom is -0.356 e. The molecule has 0 radical (unpaired) electrons. The zero-order chi connectivity index (χ0) is 18.8. The van der Waals surface area contributed by atoms with Gasteiger partial charge in [0, 0.05) is 65.4 Å². The Morgan fingerprint density at radius 1 is 0.821 bits per heavy atom. The Balaban J connectivity index is 1.56. The number of piperidine rings is 1. The first-order valence-electron chi connectivity index (χ1n) is 11.7. The van der Waals surface area contributed by atoms with Crippen LogP contribution in [0, 0.1) is 0 Å². The summed E-state index contributed by atoms with van der Waals surface area (Å²) in [6.07, 6.45) is 12.6. The van der Waals surface area contributed by atoms with Gasteiger partial charge in [0.15, 0.2) is 6.23 Å². The Labute approximate surface area is 170 Å². The summed E-state index contributed by atoms with van der Waals surface area (Å²) in [6.45, 7) is 12.0. The van der Waals surface area contributed by atoms with Crippen molar-refractivity contribution >= 4 is 0 Å². The van der Waals surface area contributed by atoms with Gasteiger partial charge < -0.3 is 15.0 Å². The molecule has 5 aliphatic heterocycles. The fourth-order valence-corrected chi connectivity index (χ4v) is 6.00. The van der Waals surface area contributed by atoms with Crippen LogP contribution in [0.2, 0.25) is 0 Å². The van der Waals surface area contributed by atoms with Crippen molar-refractivity contribution < 1.29 is 4.74 Å². The van der Waals surface area contributed by atoms with Gasteiger partial charge in [-0.25, -0.2) is 5.01 Å². The summed E-state index contributed by atoms with van der Waals surface area (Å²) in [5.41, 5.74) is 0. The van der Waals surface area contributed by atoms with Crippen LogP contribution >= 0.6 is 0 Å². The number of hydrazine groups is 1. The number of nitrogens with one attached hydrogen (secondary N) is 1. The third-order valence-corrected chi connectivity index (χ3v) is 7.26. The summed E-state index contributed by atoms with van der Waals surface area (Å²) in [4.78, 5) is 8.07. The lowest BCUT2D eigenvalue weighted by atomic mass is 10.1. The number of ether oxygens (including phenoxy) is 1. The number of hydrogen-bond acceptors (Lipinski definition) is 7. The van der Waals surface area contributed by atoms with E-state index in [4.69, 9.17) is 4.74 Å². The number of likely N-dealkylation sites (tertiary alicyclic amines) is 2. The molecule has 0 aromatic rings. The lowest BCUT2D eigenvalue weighted by molar-refractivity contribution is -0.341. The zero-order valence-corrected chi connectivity index (χ0v) is 17.4. The van der Waals surface area contributed by atoms with Crippen LogP contribution in [0.4, 0.5) is 0 Å². The van der Waals surface area contributed by atoms with Gasteiger partial charge in [0.2, 0.25) is 5.79 Å². The van der Waals surface area contributed by atoms with Crippen molar-refractivity contribution in [2.45, 2.75) is 50.5 Å². The summed E-state index contributed by atoms with van der Waals surface area (Å²) < 4.78 is 6.70. The monoisotopic (exact) mass is 390 g/mol. The molecule has 5 aliphatic rings. The average Bonchev–Trinajstić information content (AvgIpc) is 3.49. The van der Waals surface area contributed by atoms with Crippen molar-refractivity contribution in [3.63, 3.8) is 0 Å². The van der Waals surface area contributed by atoms with Gasteiger partial charge in [-0.05, 0) is 38.3 Å². The van der Waals surface area contributed by atoms with Crippen LogP contribution in [-0.2, 0) is 4.74 Å². The molecule has 7 heteroatoms. The van der Waals surface area contributed by atoms with Crippen molar-refractivity contribution in [3.05, 3.63) is 12.3 Å². The van der Waals surface area contributed by atoms with Crippen LogP contribution in [0.1, 0.15) is 38.5 Å². The Morgan fingerprint density at radius 2 is 1.57 bits per heavy atom. The van der Waals surface area contributed by atoms with Gasteiger partial charge in [-0.3, -0.25) is 9.80 Å². The molecule has 0 bridgehead atoms. The molecule has 2 unspecified atom stereocenters. The quantitative estimate of drug-likeness (QED) is 0.765. The minimum atomic E-state index is -0.198. The summed E-state index contributed by atoms with van der Waals surface area (Å²) in [5.74, 6) is -0.198. The van der Waals surface area contributed by atoms with E-state index in [1.54, 1.807) is 0 Å². The van der Waals surface area contributed by atoms with Crippen LogP contribution in [0.3, 0.4) is 0 Å². The third-order valence-electron chi connectivity index (χ3n) is 7.26. The van der Waals surface area contributed by atoms with E-state index in [-0.39, 0.29) is 12.0 Å². The van der Waals surface area contributed by atoms with E-state index in [0.717, 1.165) is 52.3 Å². The summed E-state index contributed by atoms with van der Waals surface area (Å²) >= 11 is 0. The predicted molar refractivity (Wildman–Crippen MR) is 110 cm³/mol. The van der Waals surface area contributed by atoms with E-state index < -0.39 is 0 Å². The molecule has 28 heavy (non-hydrogen) atoms. The second kappa shape index (κ2) is 8.58. The smallest absolute Gasteiger partial charge is 0.205 e. The number of nitrogens with zero attached hydrogens (tertiary/aromatic N) is 5. The molecule has 2 atom stereocenters. The van der Waals surface area contributed by atoms with E-state index in [9.17, 15) is 0 Å². The summed E-state index contributed by atoms with van der Waals surface area (Å²) in [7, 11) is 0. The molecule has 0 amide bonds. The standard InChI is InChI=1S/C21H38N6O/c1-2-10-23(11-3-1)20-21(24-12-4-5-13-24,25-14-6-7-15-25)27(18-19-28-20)26-16-8-22-9-17-26/h4,12,20,22H,1-3,5-11,13-19H2. The maximum Gasteiger partial charge on any atom is 0.205 e. The van der Waals surface area contributed by atoms with Gasteiger partial charge in [-0.1, -0.05) is 12.5 Å². The number of morpholine rings is 1. The largest absolute Gasteiger partial charge is 0.356 e. The molecule has 158 valence electrons. The maximum absolute atomic E-state index is 6.70. The molecule has 0 aromatic carbocycles. The van der Waals surface area contributed by atoms with Crippen LogP contribution in [-0.4, -0.2) is 109 Å². The van der Waals surface area contributed by atoms with Gasteiger partial charge in [0.25, 0.3) is 0 Å². The topological polar surface area (TPSA) is 37.5 Å². The number of hydrogen-bond donors (Lipinski definition) is 1. The second-order valence-corrected chi connectivity index (χ2v) is 8.89. The molecule has 0 aromatic heterocycles. The normalized spacial score (nSPS) is 37.1. The Hall–Kier alpha value is -0.700. The number of rotatable bonds is 4. The van der Waals surface area contributed by atoms with Gasteiger partial charge in [0.05, 0.1) is 6.61 Å². The first-order valence-corrected chi connectivity index (χ1v) is 11.7. The molecular formula is C21H38N6O. The molecule has 5 rings (SSSR count). The molecular weight excluding hydrogens is 352 g/mol. The van der Waals surface area contributed by atoms with Gasteiger partial charge >= 0.3 is 0 Å². The SMILES string of the molecule is C1=CN(C2(N3CCCC3)C(N3CCCCC3)OCCN2N2CCNCC2)CC1. The lowest BCUT2D eigenvalue weighted by Crippen LogP contribution is -2.82. The molecule has 0 spiro atoms. The third kappa shape index (κ3) is 3.30. The first kappa shape index (κ1) is 19.3. The van der Waals surface area contributed by atoms with Crippen molar-refractivity contribution in [3.8, 4) is 0 Å². The Morgan fingerprint density at radius 3 is 2.29 bits per heavy atom. The molecule has 4 saturated heterocycles. The molecule has 7 nitrogen and oxygen atoms in total. The fourth-order valence-electron chi connectivity index (χ4n) is 6.00. The van der Waals surface area contributed by atoms with Gasteiger partial charge in [-0.15, -0.1) is 0 Å². The highest BCUT2D eigenvalue weighted by Gasteiger charge is 2.59. The highest BCUT2D eigenvalue weighted by atomic mass is 16.5. The predicted octanol–water partition coefficient (Wildman–Crippen LogP) is 0.920. The molecule has 0 aliphatic carbocycles. The van der Waals surface area contributed by atoms with Crippen LogP contribution < -0.4 is 5.32 Å². The molecule has 5 heterocycles. The van der Waals surface area contributed by atoms with Gasteiger partial charge in [-0.2, -0.15) is 5.01 Å². The van der Waals surface area contributed by atoms with Crippen LogP contribution in [0.15, 0.2) is 12.3 Å². The fraction of sp³-hybridized carbons (Fsp3) is 0.905. The van der Waals surface area contributed by atoms with E-state index in [1.165, 1.54) is 58.3 Å². The number of piperazine rings is 1. The van der Waals surface area contributed by atoms with Gasteiger partial charge in [0.1, 0.15) is 0 Å². The lowest BCUT2D eigenvalue weighted by Gasteiger charge is -2.64. The van der Waals surface area contributed by atoms with Crippen molar-refractivity contribution in [1.29, 1.82) is 0 Å². The van der Waals surface area contributed by atoms with E-state index in [2.05, 4.69) is 42.3 Å². The first-order chi connectivity index (χ1) is 13.9. The van der Waals surface area contributed by atoms with Crippen molar-refractivity contribution in [1.82, 2.24) is 30.0 Å². The van der Waals surface area contributed by atoms with Crippen LogP contribution in [0.5, 0.6) is 0 Å². The summed E-state index contributed by atoms with van der Waals surface area (Å²) in [6, 6.07) is 0. The van der Waals surface area contributed by atoms with E-state index in [1.807, 2.05) is 0 Å². The Bertz CT molecular complexity index is 513. The van der Waals surface area contributed by atoms with E-state index in [0.29, 0.717) is 0 Å². The highest BCUT2D eigenvalue weighted by molar-refractivity contribution is 5.07. The van der Waals surface area contributed by atoms with E-state index >= 15 is 0 Å². The van der Waals surface area contributed by atoms with Crippen molar-refractivity contribution in [2.75, 3.05) is 72.1 Å². The molecule has 0 saturated carbocycles. The zero-order valence-electron chi connectivity index (χ0n) is 17.4. The van der Waals surface area contributed by atoms with Crippen molar-refractivity contribution in [2.24, 2.45) is 0 Å². The Kier molecular flexibility index (Phi) is 5.90. The highest BCUT2D eigenvalue weighted by Crippen LogP contribution is 2.41. The summed E-state index contributed by atoms with van der Waals surface area (Å²) in [5, 5.41) is 8.92. The maximum atomic E-state index is 6.70. The minimum absolute atomic E-state index is 0.122.